The molecule has 2 aromatic carbocycles. The molecular formula is C14H12ClN3O2S. The first-order chi connectivity index (χ1) is 9.99. The van der Waals surface area contributed by atoms with E-state index >= 15 is 0 Å². The summed E-state index contributed by atoms with van der Waals surface area (Å²) in [5.74, 6) is -0.534. The quantitative estimate of drug-likeness (QED) is 0.758. The molecule has 2 aromatic rings. The number of halogens is 1. The van der Waals surface area contributed by atoms with Gasteiger partial charge in [-0.1, -0.05) is 36.5 Å². The molecular weight excluding hydrogens is 310 g/mol. The summed E-state index contributed by atoms with van der Waals surface area (Å²) in [7, 11) is 0. The average molecular weight is 322 g/mol. The Kier molecular flexibility index (Phi) is 4.72. The zero-order valence-corrected chi connectivity index (χ0v) is 12.4. The van der Waals surface area contributed by atoms with Crippen LogP contribution in [0.4, 0.5) is 16.2 Å². The number of amides is 3. The number of thiol groups is 1. The topological polar surface area (TPSA) is 75.4 Å². The molecule has 0 saturated heterocycles. The number of nitrogens with one attached hydrogen (secondary N) is 1. The Morgan fingerprint density at radius 1 is 1.10 bits per heavy atom. The second-order valence-corrected chi connectivity index (χ2v) is 4.94. The molecule has 0 aliphatic rings. The molecule has 0 radical (unpaired) electrons. The molecule has 3 N–H and O–H groups in total. The highest BCUT2D eigenvalue weighted by Gasteiger charge is 2.13. The standard InChI is InChI=1S/C14H12ClN3O2S/c15-11-3-1-2-4-12(11)17-14(20)18(21)10-7-5-9(6-8-10)13(16)19/h1-8,21H,(H2,16,19)(H,17,20). The molecule has 0 heterocycles. The van der Waals surface area contributed by atoms with Gasteiger partial charge in [0.1, 0.15) is 0 Å². The predicted molar refractivity (Wildman–Crippen MR) is 86.9 cm³/mol. The number of primary amides is 1. The lowest BCUT2D eigenvalue weighted by Crippen LogP contribution is -2.27. The largest absolute Gasteiger partial charge is 0.366 e. The zero-order valence-electron chi connectivity index (χ0n) is 10.8. The van der Waals surface area contributed by atoms with E-state index in [0.29, 0.717) is 22.0 Å². The summed E-state index contributed by atoms with van der Waals surface area (Å²) < 4.78 is 1.11. The number of hydrogen-bond acceptors (Lipinski definition) is 3. The molecule has 5 nitrogen and oxygen atoms in total. The third kappa shape index (κ3) is 3.68. The predicted octanol–water partition coefficient (Wildman–Crippen LogP) is 3.32. The normalized spacial score (nSPS) is 10.0. The Bertz CT molecular complexity index is 676. The maximum absolute atomic E-state index is 12.1. The van der Waals surface area contributed by atoms with Crippen molar-refractivity contribution in [3.05, 3.63) is 59.1 Å². The number of benzene rings is 2. The van der Waals surface area contributed by atoms with E-state index in [1.807, 2.05) is 0 Å². The van der Waals surface area contributed by atoms with Crippen LogP contribution in [0.5, 0.6) is 0 Å². The summed E-state index contributed by atoms with van der Waals surface area (Å²) in [6, 6.07) is 12.6. The van der Waals surface area contributed by atoms with Gasteiger partial charge in [-0.3, -0.25) is 4.79 Å². The van der Waals surface area contributed by atoms with Crippen LogP contribution in [0, 0.1) is 0 Å². The molecule has 0 unspecified atom stereocenters. The van der Waals surface area contributed by atoms with E-state index in [1.54, 1.807) is 36.4 Å². The molecule has 0 aliphatic carbocycles. The summed E-state index contributed by atoms with van der Waals surface area (Å²) >= 11 is 10.1. The van der Waals surface area contributed by atoms with Gasteiger partial charge in [-0.15, -0.1) is 0 Å². The van der Waals surface area contributed by atoms with E-state index < -0.39 is 11.9 Å². The maximum Gasteiger partial charge on any atom is 0.336 e. The smallest absolute Gasteiger partial charge is 0.336 e. The van der Waals surface area contributed by atoms with Crippen molar-refractivity contribution >= 4 is 47.7 Å². The first-order valence-corrected chi connectivity index (χ1v) is 6.71. The lowest BCUT2D eigenvalue weighted by atomic mass is 10.2. The average Bonchev–Trinajstić information content (AvgIpc) is 2.49. The van der Waals surface area contributed by atoms with Gasteiger partial charge in [-0.05, 0) is 36.4 Å². The maximum atomic E-state index is 12.1. The van der Waals surface area contributed by atoms with E-state index in [0.717, 1.165) is 4.31 Å². The number of nitrogens with two attached hydrogens (primary N) is 1. The van der Waals surface area contributed by atoms with Crippen LogP contribution in [0.1, 0.15) is 10.4 Å². The van der Waals surface area contributed by atoms with Crippen LogP contribution < -0.4 is 15.4 Å². The molecule has 21 heavy (non-hydrogen) atoms. The van der Waals surface area contributed by atoms with Gasteiger partial charge in [0.15, 0.2) is 0 Å². The lowest BCUT2D eigenvalue weighted by molar-refractivity contribution is 0.100. The second kappa shape index (κ2) is 6.51. The third-order valence-electron chi connectivity index (χ3n) is 2.70. The molecule has 3 amide bonds. The fraction of sp³-hybridized carbons (Fsp3) is 0. The molecule has 2 rings (SSSR count). The Hall–Kier alpha value is -2.18. The van der Waals surface area contributed by atoms with Gasteiger partial charge in [-0.25, -0.2) is 9.10 Å². The molecule has 0 spiro atoms. The Labute approximate surface area is 132 Å². The summed E-state index contributed by atoms with van der Waals surface area (Å²) in [6.07, 6.45) is 0. The van der Waals surface area contributed by atoms with Crippen molar-refractivity contribution in [1.29, 1.82) is 0 Å². The fourth-order valence-electron chi connectivity index (χ4n) is 1.61. The summed E-state index contributed by atoms with van der Waals surface area (Å²) in [5.41, 5.74) is 6.48. The van der Waals surface area contributed by atoms with Crippen molar-refractivity contribution in [2.45, 2.75) is 0 Å². The highest BCUT2D eigenvalue weighted by atomic mass is 35.5. The Morgan fingerprint density at radius 2 is 1.71 bits per heavy atom. The van der Waals surface area contributed by atoms with Crippen molar-refractivity contribution < 1.29 is 9.59 Å². The minimum atomic E-state index is -0.534. The van der Waals surface area contributed by atoms with Crippen LogP contribution in [0.15, 0.2) is 48.5 Å². The molecule has 0 atom stereocenters. The number of urea groups is 1. The van der Waals surface area contributed by atoms with Gasteiger partial charge in [-0.2, -0.15) is 0 Å². The van der Waals surface area contributed by atoms with Crippen LogP contribution >= 0.6 is 24.4 Å². The molecule has 0 aliphatic heterocycles. The monoisotopic (exact) mass is 321 g/mol. The molecule has 0 saturated carbocycles. The van der Waals surface area contributed by atoms with Crippen molar-refractivity contribution in [2.75, 3.05) is 9.62 Å². The Morgan fingerprint density at radius 3 is 2.29 bits per heavy atom. The first-order valence-electron chi connectivity index (χ1n) is 5.93. The number of rotatable bonds is 3. The number of nitrogens with zero attached hydrogens (tertiary/aromatic N) is 1. The SMILES string of the molecule is NC(=O)c1ccc(N(S)C(=O)Nc2ccccc2Cl)cc1. The third-order valence-corrected chi connectivity index (χ3v) is 3.45. The number of hydrogen-bond donors (Lipinski definition) is 3. The highest BCUT2D eigenvalue weighted by molar-refractivity contribution is 7.82. The van der Waals surface area contributed by atoms with E-state index in [1.165, 1.54) is 12.1 Å². The van der Waals surface area contributed by atoms with Crippen molar-refractivity contribution in [3.63, 3.8) is 0 Å². The summed E-state index contributed by atoms with van der Waals surface area (Å²) in [4.78, 5) is 23.1. The van der Waals surface area contributed by atoms with Crippen LogP contribution in [0.3, 0.4) is 0 Å². The molecule has 0 fully saturated rings. The van der Waals surface area contributed by atoms with Gasteiger partial charge in [0.2, 0.25) is 5.91 Å². The lowest BCUT2D eigenvalue weighted by Gasteiger charge is -2.17. The van der Waals surface area contributed by atoms with Gasteiger partial charge >= 0.3 is 6.03 Å². The number of anilines is 2. The summed E-state index contributed by atoms with van der Waals surface area (Å²) in [6.45, 7) is 0. The first kappa shape index (κ1) is 15.2. The Balaban J connectivity index is 2.12. The van der Waals surface area contributed by atoms with Gasteiger partial charge in [0.05, 0.1) is 16.4 Å². The minimum absolute atomic E-state index is 0.354. The van der Waals surface area contributed by atoms with Crippen molar-refractivity contribution in [2.24, 2.45) is 5.73 Å². The van der Waals surface area contributed by atoms with E-state index in [4.69, 9.17) is 17.3 Å². The number of carbonyl (C=O) groups is 2. The van der Waals surface area contributed by atoms with E-state index in [-0.39, 0.29) is 0 Å². The minimum Gasteiger partial charge on any atom is -0.366 e. The molecule has 7 heteroatoms. The number of para-hydroxylation sites is 1. The molecule has 0 aromatic heterocycles. The van der Waals surface area contributed by atoms with Gasteiger partial charge in [0.25, 0.3) is 0 Å². The van der Waals surface area contributed by atoms with Crippen LogP contribution in [-0.4, -0.2) is 11.9 Å². The van der Waals surface area contributed by atoms with E-state index in [9.17, 15) is 9.59 Å². The molecule has 108 valence electrons. The van der Waals surface area contributed by atoms with Gasteiger partial charge in [0, 0.05) is 5.56 Å². The van der Waals surface area contributed by atoms with Crippen LogP contribution in [-0.2, 0) is 0 Å². The van der Waals surface area contributed by atoms with E-state index in [2.05, 4.69) is 18.1 Å². The van der Waals surface area contributed by atoms with Crippen molar-refractivity contribution in [1.82, 2.24) is 0 Å². The molecule has 0 bridgehead atoms. The second-order valence-electron chi connectivity index (χ2n) is 4.13. The van der Waals surface area contributed by atoms with Crippen LogP contribution in [0.25, 0.3) is 0 Å². The number of carbonyl (C=O) groups excluding carboxylic acids is 2. The summed E-state index contributed by atoms with van der Waals surface area (Å²) in [5, 5.41) is 3.06. The van der Waals surface area contributed by atoms with Gasteiger partial charge < -0.3 is 11.1 Å². The van der Waals surface area contributed by atoms with Crippen LogP contribution in [0.2, 0.25) is 5.02 Å². The zero-order chi connectivity index (χ0) is 15.4. The fourth-order valence-corrected chi connectivity index (χ4v) is 1.98. The highest BCUT2D eigenvalue weighted by Crippen LogP contribution is 2.23. The van der Waals surface area contributed by atoms with Crippen molar-refractivity contribution in [3.8, 4) is 0 Å².